The molecule has 0 spiro atoms. The number of nitrogens with one attached hydrogen (secondary N) is 1. The third-order valence-electron chi connectivity index (χ3n) is 3.86. The molecule has 2 aromatic rings. The molecule has 6 nitrogen and oxygen atoms in total. The molecule has 0 aliphatic heterocycles. The van der Waals surface area contributed by atoms with Gasteiger partial charge in [-0.1, -0.05) is 23.8 Å². The number of alkyl halides is 3. The molecule has 2 aromatic carbocycles. The van der Waals surface area contributed by atoms with Gasteiger partial charge in [-0.25, -0.2) is 8.42 Å². The van der Waals surface area contributed by atoms with Gasteiger partial charge in [-0.15, -0.1) is 0 Å². The summed E-state index contributed by atoms with van der Waals surface area (Å²) in [5, 5.41) is 2.49. The zero-order valence-electron chi connectivity index (χ0n) is 15.9. The molecule has 0 saturated carbocycles. The van der Waals surface area contributed by atoms with Crippen molar-refractivity contribution in [2.45, 2.75) is 13.1 Å². The average molecular weight is 430 g/mol. The number of halogens is 3. The summed E-state index contributed by atoms with van der Waals surface area (Å²) < 4.78 is 68.8. The van der Waals surface area contributed by atoms with Crippen LogP contribution >= 0.6 is 0 Å². The number of amides is 1. The molecule has 29 heavy (non-hydrogen) atoms. The number of anilines is 1. The summed E-state index contributed by atoms with van der Waals surface area (Å²) in [6.07, 6.45) is -3.81. The van der Waals surface area contributed by atoms with Crippen LogP contribution in [0.4, 0.5) is 18.9 Å². The Hall–Kier alpha value is -2.75. The predicted molar refractivity (Wildman–Crippen MR) is 103 cm³/mol. The van der Waals surface area contributed by atoms with E-state index in [-0.39, 0.29) is 18.8 Å². The Bertz CT molecular complexity index is 945. The number of nitrogens with zero attached hydrogens (tertiary/aromatic N) is 1. The lowest BCUT2D eigenvalue weighted by molar-refractivity contribution is -0.137. The van der Waals surface area contributed by atoms with E-state index < -0.39 is 34.2 Å². The third kappa shape index (κ3) is 6.97. The molecule has 158 valence electrons. The molecule has 0 aliphatic rings. The number of ether oxygens (including phenoxy) is 1. The summed E-state index contributed by atoms with van der Waals surface area (Å²) in [4.78, 5) is 12.1. The molecule has 10 heteroatoms. The predicted octanol–water partition coefficient (Wildman–Crippen LogP) is 2.98. The largest absolute Gasteiger partial charge is 0.492 e. The van der Waals surface area contributed by atoms with Crippen molar-refractivity contribution in [3.63, 3.8) is 0 Å². The van der Waals surface area contributed by atoms with Gasteiger partial charge in [0.2, 0.25) is 15.9 Å². The smallest absolute Gasteiger partial charge is 0.416 e. The summed E-state index contributed by atoms with van der Waals surface area (Å²) in [5.74, 6) is -0.0491. The molecule has 0 atom stereocenters. The number of aryl methyl sites for hydroxylation is 1. The summed E-state index contributed by atoms with van der Waals surface area (Å²) in [7, 11) is -3.98. The second-order valence-electron chi connectivity index (χ2n) is 6.33. The molecule has 0 fully saturated rings. The van der Waals surface area contributed by atoms with Crippen molar-refractivity contribution in [1.82, 2.24) is 5.32 Å². The Morgan fingerprint density at radius 2 is 1.79 bits per heavy atom. The molecule has 0 aromatic heterocycles. The Balaban J connectivity index is 1.98. The van der Waals surface area contributed by atoms with Gasteiger partial charge in [0.25, 0.3) is 0 Å². The molecule has 0 saturated heterocycles. The highest BCUT2D eigenvalue weighted by Crippen LogP contribution is 2.32. The van der Waals surface area contributed by atoms with E-state index in [1.807, 2.05) is 19.1 Å². The van der Waals surface area contributed by atoms with E-state index >= 15 is 0 Å². The lowest BCUT2D eigenvalue weighted by atomic mass is 10.2. The Morgan fingerprint density at radius 1 is 1.14 bits per heavy atom. The SMILES string of the molecule is Cc1ccc(OCCNC(=O)CN(c2cccc(C(F)(F)F)c2)S(C)(=O)=O)cc1. The van der Waals surface area contributed by atoms with Crippen LogP contribution in [0.2, 0.25) is 0 Å². The Labute approximate surface area is 167 Å². The molecule has 0 unspecified atom stereocenters. The number of rotatable bonds is 8. The Morgan fingerprint density at radius 3 is 2.38 bits per heavy atom. The van der Waals surface area contributed by atoms with Crippen LogP contribution in [0.15, 0.2) is 48.5 Å². The van der Waals surface area contributed by atoms with Gasteiger partial charge in [-0.3, -0.25) is 9.10 Å². The first-order valence-electron chi connectivity index (χ1n) is 8.58. The quantitative estimate of drug-likeness (QED) is 0.654. The summed E-state index contributed by atoms with van der Waals surface area (Å²) in [6, 6.07) is 11.1. The van der Waals surface area contributed by atoms with E-state index in [4.69, 9.17) is 4.74 Å². The number of carbonyl (C=O) groups excluding carboxylic acids is 1. The minimum atomic E-state index is -4.63. The fourth-order valence-electron chi connectivity index (χ4n) is 2.42. The number of hydrogen-bond donors (Lipinski definition) is 1. The fourth-order valence-corrected chi connectivity index (χ4v) is 3.27. The summed E-state index contributed by atoms with van der Waals surface area (Å²) in [5.41, 5.74) is -0.176. The standard InChI is InChI=1S/C19H21F3N2O4S/c1-14-6-8-17(9-7-14)28-11-10-23-18(25)13-24(29(2,26)27)16-5-3-4-15(12-16)19(20,21)22/h3-9,12H,10-11,13H2,1-2H3,(H,23,25). The van der Waals surface area contributed by atoms with Crippen molar-refractivity contribution in [3.05, 3.63) is 59.7 Å². The van der Waals surface area contributed by atoms with Crippen LogP contribution in [0.3, 0.4) is 0 Å². The Kier molecular flexibility index (Phi) is 7.12. The van der Waals surface area contributed by atoms with Gasteiger partial charge in [-0.2, -0.15) is 13.2 Å². The van der Waals surface area contributed by atoms with Crippen molar-refractivity contribution in [2.24, 2.45) is 0 Å². The van der Waals surface area contributed by atoms with Crippen LogP contribution in [0.25, 0.3) is 0 Å². The fraction of sp³-hybridized carbons (Fsp3) is 0.316. The van der Waals surface area contributed by atoms with Crippen LogP contribution in [0.1, 0.15) is 11.1 Å². The van der Waals surface area contributed by atoms with Crippen molar-refractivity contribution >= 4 is 21.6 Å². The van der Waals surface area contributed by atoms with Crippen LogP contribution in [0.5, 0.6) is 5.75 Å². The number of sulfonamides is 1. The average Bonchev–Trinajstić information content (AvgIpc) is 2.63. The minimum Gasteiger partial charge on any atom is -0.492 e. The van der Waals surface area contributed by atoms with Gasteiger partial charge < -0.3 is 10.1 Å². The van der Waals surface area contributed by atoms with Crippen LogP contribution < -0.4 is 14.4 Å². The van der Waals surface area contributed by atoms with Gasteiger partial charge in [0, 0.05) is 0 Å². The normalized spacial score (nSPS) is 11.8. The molecule has 0 bridgehead atoms. The molecule has 0 radical (unpaired) electrons. The molecule has 2 rings (SSSR count). The van der Waals surface area contributed by atoms with Crippen molar-refractivity contribution in [1.29, 1.82) is 0 Å². The van der Waals surface area contributed by atoms with Crippen molar-refractivity contribution in [3.8, 4) is 5.75 Å². The van der Waals surface area contributed by atoms with E-state index in [0.717, 1.165) is 24.0 Å². The maximum absolute atomic E-state index is 12.9. The van der Waals surface area contributed by atoms with Gasteiger partial charge in [0.15, 0.2) is 0 Å². The maximum atomic E-state index is 12.9. The maximum Gasteiger partial charge on any atom is 0.416 e. The van der Waals surface area contributed by atoms with Gasteiger partial charge in [-0.05, 0) is 37.3 Å². The summed E-state index contributed by atoms with van der Waals surface area (Å²) >= 11 is 0. The van der Waals surface area contributed by atoms with E-state index in [2.05, 4.69) is 5.32 Å². The number of carbonyl (C=O) groups is 1. The molecular weight excluding hydrogens is 409 g/mol. The second-order valence-corrected chi connectivity index (χ2v) is 8.24. The number of hydrogen-bond acceptors (Lipinski definition) is 4. The van der Waals surface area contributed by atoms with Crippen molar-refractivity contribution < 1.29 is 31.1 Å². The van der Waals surface area contributed by atoms with Gasteiger partial charge in [0.1, 0.15) is 18.9 Å². The van der Waals surface area contributed by atoms with E-state index in [1.165, 1.54) is 6.07 Å². The first-order chi connectivity index (χ1) is 13.5. The number of benzene rings is 2. The first kappa shape index (κ1) is 22.5. The van der Waals surface area contributed by atoms with Crippen LogP contribution in [0, 0.1) is 6.92 Å². The zero-order chi connectivity index (χ0) is 21.7. The summed E-state index contributed by atoms with van der Waals surface area (Å²) in [6.45, 7) is 1.54. The van der Waals surface area contributed by atoms with Gasteiger partial charge >= 0.3 is 6.18 Å². The minimum absolute atomic E-state index is 0.104. The van der Waals surface area contributed by atoms with Crippen molar-refractivity contribution in [2.75, 3.05) is 30.3 Å². The lowest BCUT2D eigenvalue weighted by Gasteiger charge is -2.22. The molecular formula is C19H21F3N2O4S. The first-order valence-corrected chi connectivity index (χ1v) is 10.4. The van der Waals surface area contributed by atoms with E-state index in [0.29, 0.717) is 16.1 Å². The van der Waals surface area contributed by atoms with Crippen LogP contribution in [-0.4, -0.2) is 40.3 Å². The zero-order valence-corrected chi connectivity index (χ0v) is 16.7. The van der Waals surface area contributed by atoms with E-state index in [1.54, 1.807) is 12.1 Å². The second kappa shape index (κ2) is 9.17. The molecule has 0 heterocycles. The van der Waals surface area contributed by atoms with Crippen LogP contribution in [-0.2, 0) is 21.0 Å². The topological polar surface area (TPSA) is 75.7 Å². The highest BCUT2D eigenvalue weighted by atomic mass is 32.2. The monoisotopic (exact) mass is 430 g/mol. The highest BCUT2D eigenvalue weighted by molar-refractivity contribution is 7.92. The molecule has 1 amide bonds. The molecule has 1 N–H and O–H groups in total. The lowest BCUT2D eigenvalue weighted by Crippen LogP contribution is -2.41. The van der Waals surface area contributed by atoms with E-state index in [9.17, 15) is 26.4 Å². The highest BCUT2D eigenvalue weighted by Gasteiger charge is 2.31. The molecule has 0 aliphatic carbocycles. The third-order valence-corrected chi connectivity index (χ3v) is 5.00. The van der Waals surface area contributed by atoms with Gasteiger partial charge in [0.05, 0.1) is 24.1 Å².